The second-order valence-corrected chi connectivity index (χ2v) is 5.11. The molecule has 1 amide bonds. The minimum atomic E-state index is -0.396. The number of hydrogen-bond acceptors (Lipinski definition) is 3. The smallest absolute Gasteiger partial charge is 0.287 e. The van der Waals surface area contributed by atoms with Gasteiger partial charge in [0, 0.05) is 5.69 Å². The zero-order valence-corrected chi connectivity index (χ0v) is 11.8. The van der Waals surface area contributed by atoms with Gasteiger partial charge in [-0.05, 0) is 24.3 Å². The number of nitrogens with zero attached hydrogens (tertiary/aromatic N) is 2. The van der Waals surface area contributed by atoms with Crippen LogP contribution in [0.2, 0.25) is 0 Å². The number of aromatic nitrogens is 1. The second kappa shape index (κ2) is 5.83. The van der Waals surface area contributed by atoms with Crippen molar-refractivity contribution in [3.63, 3.8) is 0 Å². The number of primary amides is 1. The van der Waals surface area contributed by atoms with Crippen molar-refractivity contribution in [1.29, 1.82) is 0 Å². The number of pyridine rings is 1. The van der Waals surface area contributed by atoms with Crippen LogP contribution in [0.3, 0.4) is 0 Å². The Labute approximate surface area is 124 Å². The van der Waals surface area contributed by atoms with E-state index in [2.05, 4.69) is 39.0 Å². The molecule has 1 saturated heterocycles. The van der Waals surface area contributed by atoms with Gasteiger partial charge in [0.1, 0.15) is 18.7 Å². The van der Waals surface area contributed by atoms with Gasteiger partial charge in [0.25, 0.3) is 11.7 Å². The molecule has 0 bridgehead atoms. The number of anilines is 2. The molecule has 0 atom stereocenters. The summed E-state index contributed by atoms with van der Waals surface area (Å²) in [6, 6.07) is 13.9. The molecule has 21 heavy (non-hydrogen) atoms. The van der Waals surface area contributed by atoms with Crippen LogP contribution < -0.4 is 20.5 Å². The predicted octanol–water partition coefficient (Wildman–Crippen LogP) is 0.926. The van der Waals surface area contributed by atoms with Crippen LogP contribution in [0.5, 0.6) is 0 Å². The summed E-state index contributed by atoms with van der Waals surface area (Å²) in [6.45, 7) is 3.56. The van der Waals surface area contributed by atoms with Gasteiger partial charge in [-0.1, -0.05) is 18.2 Å². The topological polar surface area (TPSA) is 63.7 Å². The molecule has 1 aromatic heterocycles. The number of aromatic amines is 1. The maximum atomic E-state index is 11.5. The van der Waals surface area contributed by atoms with E-state index in [1.54, 1.807) is 12.1 Å². The van der Waals surface area contributed by atoms with Crippen LogP contribution >= 0.6 is 0 Å². The molecule has 2 heterocycles. The first kappa shape index (κ1) is 13.4. The van der Waals surface area contributed by atoms with Gasteiger partial charge in [-0.3, -0.25) is 9.69 Å². The molecule has 5 nitrogen and oxygen atoms in total. The minimum Gasteiger partial charge on any atom is -0.365 e. The van der Waals surface area contributed by atoms with Crippen LogP contribution in [-0.2, 0) is 0 Å². The van der Waals surface area contributed by atoms with E-state index >= 15 is 0 Å². The van der Waals surface area contributed by atoms with Crippen molar-refractivity contribution in [2.24, 2.45) is 5.73 Å². The molecule has 108 valence electrons. The van der Waals surface area contributed by atoms with E-state index < -0.39 is 5.91 Å². The molecule has 2 aromatic rings. The summed E-state index contributed by atoms with van der Waals surface area (Å²) in [5.41, 5.74) is 7.23. The monoisotopic (exact) mass is 283 g/mol. The van der Waals surface area contributed by atoms with Crippen LogP contribution in [0.25, 0.3) is 0 Å². The Hall–Kier alpha value is -2.56. The summed E-state index contributed by atoms with van der Waals surface area (Å²) < 4.78 is 0. The van der Waals surface area contributed by atoms with Crippen molar-refractivity contribution in [3.8, 4) is 0 Å². The zero-order valence-electron chi connectivity index (χ0n) is 11.8. The highest BCUT2D eigenvalue weighted by atomic mass is 16.1. The molecule has 0 spiro atoms. The number of rotatable bonds is 3. The van der Waals surface area contributed by atoms with Gasteiger partial charge in [-0.25, -0.2) is 4.98 Å². The molecular weight excluding hydrogens is 264 g/mol. The fourth-order valence-electron chi connectivity index (χ4n) is 2.72. The number of nitrogens with one attached hydrogen (secondary N) is 1. The average molecular weight is 283 g/mol. The maximum Gasteiger partial charge on any atom is 0.287 e. The summed E-state index contributed by atoms with van der Waals surface area (Å²) in [7, 11) is 0. The Morgan fingerprint density at radius 1 is 0.952 bits per heavy atom. The summed E-state index contributed by atoms with van der Waals surface area (Å²) >= 11 is 0. The molecule has 0 radical (unpaired) electrons. The Morgan fingerprint density at radius 3 is 2.29 bits per heavy atom. The quantitative estimate of drug-likeness (QED) is 0.911. The normalized spacial score (nSPS) is 15.0. The largest absolute Gasteiger partial charge is 0.365 e. The molecule has 0 saturated carbocycles. The lowest BCUT2D eigenvalue weighted by atomic mass is 10.2. The zero-order chi connectivity index (χ0) is 14.7. The van der Waals surface area contributed by atoms with Gasteiger partial charge in [0.05, 0.1) is 19.3 Å². The van der Waals surface area contributed by atoms with Crippen LogP contribution in [0.1, 0.15) is 10.4 Å². The minimum absolute atomic E-state index is 0.396. The number of piperazine rings is 1. The first-order chi connectivity index (χ1) is 10.3. The molecule has 0 aliphatic carbocycles. The third-order valence-corrected chi connectivity index (χ3v) is 3.82. The van der Waals surface area contributed by atoms with Gasteiger partial charge >= 0.3 is 0 Å². The highest BCUT2D eigenvalue weighted by molar-refractivity contribution is 5.97. The maximum absolute atomic E-state index is 11.5. The summed E-state index contributed by atoms with van der Waals surface area (Å²) in [5.74, 6) is 0.421. The lowest BCUT2D eigenvalue weighted by molar-refractivity contribution is -0.364. The van der Waals surface area contributed by atoms with E-state index in [4.69, 9.17) is 5.73 Å². The van der Waals surface area contributed by atoms with Crippen molar-refractivity contribution in [2.75, 3.05) is 36.0 Å². The van der Waals surface area contributed by atoms with E-state index in [9.17, 15) is 4.79 Å². The van der Waals surface area contributed by atoms with Crippen LogP contribution in [-0.4, -0.2) is 32.1 Å². The number of amides is 1. The standard InChI is InChI=1S/C16H18N4O/c17-15(21)14-7-4-8-18-16(14)20-11-9-19(10-12-20)13-5-2-1-3-6-13/h1-8H,9-12H2,(H2,17,21)/p+1. The molecule has 5 heteroatoms. The Balaban J connectivity index is 1.73. The molecule has 1 aliphatic heterocycles. The second-order valence-electron chi connectivity index (χ2n) is 5.11. The van der Waals surface area contributed by atoms with Gasteiger partial charge in [0.15, 0.2) is 0 Å². The first-order valence-electron chi connectivity index (χ1n) is 7.11. The van der Waals surface area contributed by atoms with Gasteiger partial charge in [-0.2, -0.15) is 0 Å². The van der Waals surface area contributed by atoms with E-state index in [-0.39, 0.29) is 0 Å². The number of para-hydroxylation sites is 1. The van der Waals surface area contributed by atoms with Gasteiger partial charge < -0.3 is 10.6 Å². The Bertz CT molecular complexity index is 621. The van der Waals surface area contributed by atoms with Gasteiger partial charge in [0.2, 0.25) is 0 Å². The highest BCUT2D eigenvalue weighted by Crippen LogP contribution is 2.19. The number of carbonyl (C=O) groups is 1. The van der Waals surface area contributed by atoms with Crippen molar-refractivity contribution in [3.05, 3.63) is 54.2 Å². The van der Waals surface area contributed by atoms with E-state index in [0.29, 0.717) is 5.56 Å². The lowest BCUT2D eigenvalue weighted by Crippen LogP contribution is -2.48. The Morgan fingerprint density at radius 2 is 1.62 bits per heavy atom. The number of nitrogens with two attached hydrogens (primary N) is 1. The van der Waals surface area contributed by atoms with E-state index in [1.165, 1.54) is 5.69 Å². The molecule has 0 unspecified atom stereocenters. The SMILES string of the molecule is NC(=O)c1ccc[nH+]c1N1CCN(c2ccccc2)CC1. The fraction of sp³-hybridized carbons (Fsp3) is 0.250. The average Bonchev–Trinajstić information content (AvgIpc) is 2.56. The predicted molar refractivity (Wildman–Crippen MR) is 82.4 cm³/mol. The number of carbonyl (C=O) groups excluding carboxylic acids is 1. The fourth-order valence-corrected chi connectivity index (χ4v) is 2.72. The molecule has 1 fully saturated rings. The van der Waals surface area contributed by atoms with E-state index in [1.807, 2.05) is 12.3 Å². The van der Waals surface area contributed by atoms with Crippen LogP contribution in [0.15, 0.2) is 48.7 Å². The van der Waals surface area contributed by atoms with Crippen molar-refractivity contribution in [1.82, 2.24) is 0 Å². The summed E-state index contributed by atoms with van der Waals surface area (Å²) in [5, 5.41) is 0. The van der Waals surface area contributed by atoms with Gasteiger partial charge in [-0.15, -0.1) is 0 Å². The summed E-state index contributed by atoms with van der Waals surface area (Å²) in [4.78, 5) is 19.2. The molecule has 1 aliphatic rings. The molecule has 3 N–H and O–H groups in total. The van der Waals surface area contributed by atoms with Crippen molar-refractivity contribution < 1.29 is 9.78 Å². The van der Waals surface area contributed by atoms with Crippen molar-refractivity contribution in [2.45, 2.75) is 0 Å². The third-order valence-electron chi connectivity index (χ3n) is 3.82. The number of benzene rings is 1. The molecule has 1 aromatic carbocycles. The number of hydrogen-bond donors (Lipinski definition) is 1. The summed E-state index contributed by atoms with van der Waals surface area (Å²) in [6.07, 6.45) is 1.82. The van der Waals surface area contributed by atoms with Crippen molar-refractivity contribution >= 4 is 17.4 Å². The molecule has 3 rings (SSSR count). The highest BCUT2D eigenvalue weighted by Gasteiger charge is 2.27. The van der Waals surface area contributed by atoms with Crippen LogP contribution in [0, 0.1) is 0 Å². The third kappa shape index (κ3) is 2.81. The van der Waals surface area contributed by atoms with Crippen LogP contribution in [0.4, 0.5) is 11.5 Å². The Kier molecular flexibility index (Phi) is 3.73. The first-order valence-corrected chi connectivity index (χ1v) is 7.11. The van der Waals surface area contributed by atoms with E-state index in [0.717, 1.165) is 32.0 Å². The lowest BCUT2D eigenvalue weighted by Gasteiger charge is -2.32. The number of H-pyrrole nitrogens is 1. The molecular formula is C16H19N4O+.